The first kappa shape index (κ1) is 12.2. The predicted octanol–water partition coefficient (Wildman–Crippen LogP) is 3.33. The molecule has 1 atom stereocenters. The first-order valence-corrected chi connectivity index (χ1v) is 6.16. The lowest BCUT2D eigenvalue weighted by Crippen LogP contribution is -2.26. The van der Waals surface area contributed by atoms with Crippen LogP contribution in [0.25, 0.3) is 0 Å². The molecule has 1 unspecified atom stereocenters. The van der Waals surface area contributed by atoms with Gasteiger partial charge in [0.05, 0.1) is 9.39 Å². The zero-order chi connectivity index (χ0) is 10.8. The molecule has 2 nitrogen and oxygen atoms in total. The van der Waals surface area contributed by atoms with Gasteiger partial charge in [-0.2, -0.15) is 0 Å². The van der Waals surface area contributed by atoms with Gasteiger partial charge in [0.2, 0.25) is 0 Å². The second-order valence-corrected chi connectivity index (χ2v) is 6.59. The lowest BCUT2D eigenvalue weighted by Gasteiger charge is -2.26. The molecule has 1 aromatic rings. The van der Waals surface area contributed by atoms with Crippen molar-refractivity contribution in [2.24, 2.45) is 5.73 Å². The van der Waals surface area contributed by atoms with Gasteiger partial charge in [-0.3, -0.25) is 0 Å². The maximum atomic E-state index is 5.85. The molecule has 0 spiro atoms. The third kappa shape index (κ3) is 3.69. The molecule has 0 radical (unpaired) electrons. The first-order valence-electron chi connectivity index (χ1n) is 4.55. The molecule has 0 bridgehead atoms. The Balaban J connectivity index is 2.72. The Morgan fingerprint density at radius 2 is 2.14 bits per heavy atom. The van der Waals surface area contributed by atoms with Crippen molar-refractivity contribution in [3.8, 4) is 0 Å². The highest BCUT2D eigenvalue weighted by atomic mass is 79.9. The Morgan fingerprint density at radius 3 is 2.50 bits per heavy atom. The molecule has 1 heterocycles. The summed E-state index contributed by atoms with van der Waals surface area (Å²) < 4.78 is 6.97. The second kappa shape index (κ2) is 4.75. The van der Waals surface area contributed by atoms with Crippen molar-refractivity contribution < 1.29 is 4.74 Å². The number of nitrogens with two attached hydrogens (primary N) is 1. The maximum Gasteiger partial charge on any atom is 0.105 e. The average molecular weight is 278 g/mol. The van der Waals surface area contributed by atoms with E-state index in [-0.39, 0.29) is 11.7 Å². The SMILES string of the molecule is CC(C)(C)OC(CN)c1ccc(Br)s1. The van der Waals surface area contributed by atoms with Gasteiger partial charge in [-0.25, -0.2) is 0 Å². The van der Waals surface area contributed by atoms with Crippen molar-refractivity contribution >= 4 is 27.3 Å². The van der Waals surface area contributed by atoms with Crippen molar-refractivity contribution in [3.05, 3.63) is 20.8 Å². The maximum absolute atomic E-state index is 5.85. The largest absolute Gasteiger partial charge is 0.366 e. The molecule has 1 aromatic heterocycles. The molecule has 0 aromatic carbocycles. The van der Waals surface area contributed by atoms with Crippen LogP contribution in [0.4, 0.5) is 0 Å². The number of ether oxygens (including phenoxy) is 1. The number of rotatable bonds is 3. The van der Waals surface area contributed by atoms with Crippen molar-refractivity contribution in [3.63, 3.8) is 0 Å². The summed E-state index contributed by atoms with van der Waals surface area (Å²) in [4.78, 5) is 1.18. The van der Waals surface area contributed by atoms with Crippen molar-refractivity contribution in [2.75, 3.05) is 6.54 Å². The van der Waals surface area contributed by atoms with Crippen molar-refractivity contribution in [1.82, 2.24) is 0 Å². The van der Waals surface area contributed by atoms with Gasteiger partial charge in [0.1, 0.15) is 6.10 Å². The Bertz CT molecular complexity index is 293. The van der Waals surface area contributed by atoms with Crippen LogP contribution in [0.5, 0.6) is 0 Å². The fraction of sp³-hybridized carbons (Fsp3) is 0.600. The van der Waals surface area contributed by atoms with E-state index in [1.165, 1.54) is 4.88 Å². The molecule has 0 aliphatic carbocycles. The highest BCUT2D eigenvalue weighted by Gasteiger charge is 2.20. The van der Waals surface area contributed by atoms with Gasteiger partial charge < -0.3 is 10.5 Å². The third-order valence-corrected chi connectivity index (χ3v) is 3.34. The van der Waals surface area contributed by atoms with E-state index < -0.39 is 0 Å². The Labute approximate surface area is 97.6 Å². The predicted molar refractivity (Wildman–Crippen MR) is 64.7 cm³/mol. The van der Waals surface area contributed by atoms with Gasteiger partial charge in [0, 0.05) is 11.4 Å². The van der Waals surface area contributed by atoms with E-state index in [2.05, 4.69) is 22.0 Å². The molecular weight excluding hydrogens is 262 g/mol. The van der Waals surface area contributed by atoms with Crippen LogP contribution in [0.15, 0.2) is 15.9 Å². The summed E-state index contributed by atoms with van der Waals surface area (Å²) in [6, 6.07) is 4.08. The lowest BCUT2D eigenvalue weighted by molar-refractivity contribution is -0.0557. The van der Waals surface area contributed by atoms with Crippen LogP contribution < -0.4 is 5.73 Å². The molecule has 0 aliphatic heterocycles. The van der Waals surface area contributed by atoms with E-state index in [1.54, 1.807) is 11.3 Å². The molecule has 1 rings (SSSR count). The van der Waals surface area contributed by atoms with Gasteiger partial charge >= 0.3 is 0 Å². The summed E-state index contributed by atoms with van der Waals surface area (Å²) in [6.07, 6.45) is 0.00583. The van der Waals surface area contributed by atoms with Gasteiger partial charge in [-0.15, -0.1) is 11.3 Å². The van der Waals surface area contributed by atoms with E-state index in [1.807, 2.05) is 26.8 Å². The third-order valence-electron chi connectivity index (χ3n) is 1.62. The average Bonchev–Trinajstić information content (AvgIpc) is 2.46. The normalized spacial score (nSPS) is 14.4. The molecule has 14 heavy (non-hydrogen) atoms. The van der Waals surface area contributed by atoms with Crippen LogP contribution in [0.1, 0.15) is 31.8 Å². The van der Waals surface area contributed by atoms with E-state index >= 15 is 0 Å². The summed E-state index contributed by atoms with van der Waals surface area (Å²) in [5.41, 5.74) is 5.54. The second-order valence-electron chi connectivity index (χ2n) is 4.10. The van der Waals surface area contributed by atoms with E-state index in [9.17, 15) is 0 Å². The van der Waals surface area contributed by atoms with Crippen LogP contribution in [-0.2, 0) is 4.74 Å². The van der Waals surface area contributed by atoms with Crippen LogP contribution >= 0.6 is 27.3 Å². The van der Waals surface area contributed by atoms with Crippen LogP contribution in [-0.4, -0.2) is 12.1 Å². The summed E-state index contributed by atoms with van der Waals surface area (Å²) >= 11 is 5.10. The zero-order valence-corrected chi connectivity index (χ0v) is 11.1. The number of thiophene rings is 1. The zero-order valence-electron chi connectivity index (χ0n) is 8.71. The lowest BCUT2D eigenvalue weighted by atomic mass is 10.1. The minimum Gasteiger partial charge on any atom is -0.366 e. The monoisotopic (exact) mass is 277 g/mol. The molecule has 80 valence electrons. The Kier molecular flexibility index (Phi) is 4.13. The topological polar surface area (TPSA) is 35.2 Å². The van der Waals surface area contributed by atoms with Crippen LogP contribution in [0.3, 0.4) is 0 Å². The van der Waals surface area contributed by atoms with E-state index in [0.717, 1.165) is 3.79 Å². The smallest absolute Gasteiger partial charge is 0.105 e. The summed E-state index contributed by atoms with van der Waals surface area (Å²) in [6.45, 7) is 6.64. The molecular formula is C10H16BrNOS. The van der Waals surface area contributed by atoms with Crippen molar-refractivity contribution in [2.45, 2.75) is 32.5 Å². The molecule has 0 saturated carbocycles. The highest BCUT2D eigenvalue weighted by molar-refractivity contribution is 9.11. The minimum absolute atomic E-state index is 0.00583. The van der Waals surface area contributed by atoms with Gasteiger partial charge in [-0.05, 0) is 48.8 Å². The molecule has 0 aliphatic rings. The van der Waals surface area contributed by atoms with Crippen LogP contribution in [0, 0.1) is 0 Å². The molecule has 2 N–H and O–H groups in total. The Morgan fingerprint density at radius 1 is 1.50 bits per heavy atom. The highest BCUT2D eigenvalue weighted by Crippen LogP contribution is 2.31. The molecule has 0 amide bonds. The van der Waals surface area contributed by atoms with Gasteiger partial charge in [-0.1, -0.05) is 0 Å². The fourth-order valence-electron chi connectivity index (χ4n) is 1.15. The summed E-state index contributed by atoms with van der Waals surface area (Å²) in [5, 5.41) is 0. The van der Waals surface area contributed by atoms with E-state index in [0.29, 0.717) is 6.54 Å². The number of hydrogen-bond donors (Lipinski definition) is 1. The number of halogens is 1. The number of hydrogen-bond acceptors (Lipinski definition) is 3. The standard InChI is InChI=1S/C10H16BrNOS/c1-10(2,3)13-7(6-12)8-4-5-9(11)14-8/h4-5,7H,6,12H2,1-3H3. The van der Waals surface area contributed by atoms with Gasteiger partial charge in [0.15, 0.2) is 0 Å². The Hall–Kier alpha value is 0.1000. The quantitative estimate of drug-likeness (QED) is 0.920. The summed E-state index contributed by atoms with van der Waals surface area (Å²) in [7, 11) is 0. The van der Waals surface area contributed by atoms with Crippen molar-refractivity contribution in [1.29, 1.82) is 0 Å². The first-order chi connectivity index (χ1) is 6.42. The fourth-order valence-corrected chi connectivity index (χ4v) is 2.62. The molecule has 0 saturated heterocycles. The van der Waals surface area contributed by atoms with Crippen LogP contribution in [0.2, 0.25) is 0 Å². The summed E-state index contributed by atoms with van der Waals surface area (Å²) in [5.74, 6) is 0. The van der Waals surface area contributed by atoms with E-state index in [4.69, 9.17) is 10.5 Å². The minimum atomic E-state index is -0.152. The molecule has 4 heteroatoms. The van der Waals surface area contributed by atoms with Gasteiger partial charge in [0.25, 0.3) is 0 Å². The molecule has 0 fully saturated rings.